The lowest BCUT2D eigenvalue weighted by Gasteiger charge is -2.13. The Morgan fingerprint density at radius 1 is 0.314 bits per heavy atom. The van der Waals surface area contributed by atoms with Gasteiger partial charge < -0.3 is 4.42 Å². The van der Waals surface area contributed by atoms with E-state index in [2.05, 4.69) is 115 Å². The fraction of sp³-hybridized carbons (Fsp3) is 0. The topological polar surface area (TPSA) is 51.8 Å². The van der Waals surface area contributed by atoms with Crippen LogP contribution in [0.1, 0.15) is 0 Å². The van der Waals surface area contributed by atoms with Crippen LogP contribution in [0, 0.1) is 0 Å². The normalized spacial score (nSPS) is 11.5. The molecule has 0 saturated heterocycles. The molecule has 0 amide bonds. The number of rotatable bonds is 5. The summed E-state index contributed by atoms with van der Waals surface area (Å²) in [6, 6.07) is 61.0. The van der Waals surface area contributed by atoms with Gasteiger partial charge >= 0.3 is 0 Å². The first-order valence-electron chi connectivity index (χ1n) is 17.1. The van der Waals surface area contributed by atoms with Crippen LogP contribution in [0.2, 0.25) is 0 Å². The van der Waals surface area contributed by atoms with Gasteiger partial charge in [-0.25, -0.2) is 15.0 Å². The van der Waals surface area contributed by atoms with Crippen LogP contribution in [0.4, 0.5) is 0 Å². The quantitative estimate of drug-likeness (QED) is 0.186. The predicted molar refractivity (Wildman–Crippen MR) is 209 cm³/mol. The lowest BCUT2D eigenvalue weighted by Crippen LogP contribution is -2.00. The van der Waals surface area contributed by atoms with E-state index < -0.39 is 0 Å². The van der Waals surface area contributed by atoms with E-state index >= 15 is 0 Å². The molecule has 0 aliphatic heterocycles. The average molecular weight is 652 g/mol. The van der Waals surface area contributed by atoms with Crippen LogP contribution < -0.4 is 0 Å². The van der Waals surface area contributed by atoms with E-state index in [1.807, 2.05) is 60.7 Å². The van der Waals surface area contributed by atoms with Gasteiger partial charge in [-0.05, 0) is 68.1 Å². The van der Waals surface area contributed by atoms with Crippen molar-refractivity contribution in [2.24, 2.45) is 0 Å². The zero-order chi connectivity index (χ0) is 33.7. The van der Waals surface area contributed by atoms with Crippen molar-refractivity contribution in [1.82, 2.24) is 15.0 Å². The number of fused-ring (bicyclic) bond motifs is 5. The van der Waals surface area contributed by atoms with E-state index in [4.69, 9.17) is 19.4 Å². The van der Waals surface area contributed by atoms with Crippen LogP contribution in [0.5, 0.6) is 0 Å². The molecule has 8 aromatic carbocycles. The first-order chi connectivity index (χ1) is 25.3. The smallest absolute Gasteiger partial charge is 0.164 e. The third kappa shape index (κ3) is 4.96. The van der Waals surface area contributed by atoms with Gasteiger partial charge in [0.2, 0.25) is 0 Å². The summed E-state index contributed by atoms with van der Waals surface area (Å²) >= 11 is 0. The molecule has 0 N–H and O–H groups in total. The molecule has 2 heterocycles. The number of hydrogen-bond donors (Lipinski definition) is 0. The fourth-order valence-electron chi connectivity index (χ4n) is 7.35. The van der Waals surface area contributed by atoms with Crippen molar-refractivity contribution in [1.29, 1.82) is 0 Å². The highest BCUT2D eigenvalue weighted by molar-refractivity contribution is 6.17. The number of hydrogen-bond acceptors (Lipinski definition) is 4. The summed E-state index contributed by atoms with van der Waals surface area (Å²) in [5, 5.41) is 6.84. The van der Waals surface area contributed by atoms with Crippen molar-refractivity contribution < 1.29 is 4.42 Å². The van der Waals surface area contributed by atoms with Gasteiger partial charge in [-0.15, -0.1) is 0 Å². The first kappa shape index (κ1) is 29.0. The molecular weight excluding hydrogens is 623 g/mol. The monoisotopic (exact) mass is 651 g/mol. The summed E-state index contributed by atoms with van der Waals surface area (Å²) in [6.45, 7) is 0. The Labute approximate surface area is 294 Å². The zero-order valence-corrected chi connectivity index (χ0v) is 27.5. The van der Waals surface area contributed by atoms with E-state index in [1.54, 1.807) is 0 Å². The Bertz CT molecular complexity index is 2850. The van der Waals surface area contributed by atoms with Gasteiger partial charge in [0.15, 0.2) is 17.5 Å². The van der Waals surface area contributed by atoms with Gasteiger partial charge in [-0.2, -0.15) is 0 Å². The highest BCUT2D eigenvalue weighted by Gasteiger charge is 2.19. The maximum Gasteiger partial charge on any atom is 0.164 e. The van der Waals surface area contributed by atoms with Crippen molar-refractivity contribution in [3.8, 4) is 56.4 Å². The third-order valence-electron chi connectivity index (χ3n) is 9.75. The molecular formula is C47H29N3O. The van der Waals surface area contributed by atoms with E-state index in [-0.39, 0.29) is 0 Å². The summed E-state index contributed by atoms with van der Waals surface area (Å²) in [5.74, 6) is 1.92. The summed E-state index contributed by atoms with van der Waals surface area (Å²) in [5.41, 5.74) is 9.16. The standard InChI is InChI=1S/C47H29N3O/c1-3-14-31(15-4-1)45-48-46(32-16-5-2-6-17-32)50-47(49-45)40-28-27-38(36-20-9-10-21-37(36)40)39-23-12-24-42-44(39)41-26-25-33(29-43(41)51-42)35-22-11-18-30-13-7-8-19-34(30)35/h1-29H. The Kier molecular flexibility index (Phi) is 6.78. The Morgan fingerprint density at radius 3 is 1.63 bits per heavy atom. The van der Waals surface area contributed by atoms with Gasteiger partial charge in [0, 0.05) is 27.5 Å². The summed E-state index contributed by atoms with van der Waals surface area (Å²) < 4.78 is 6.58. The summed E-state index contributed by atoms with van der Waals surface area (Å²) in [4.78, 5) is 15.0. The molecule has 4 heteroatoms. The van der Waals surface area contributed by atoms with Crippen molar-refractivity contribution in [3.63, 3.8) is 0 Å². The van der Waals surface area contributed by atoms with Crippen LogP contribution in [-0.4, -0.2) is 15.0 Å². The van der Waals surface area contributed by atoms with Gasteiger partial charge in [0.1, 0.15) is 11.2 Å². The minimum Gasteiger partial charge on any atom is -0.456 e. The maximum atomic E-state index is 6.58. The molecule has 4 nitrogen and oxygen atoms in total. The number of furan rings is 1. The van der Waals surface area contributed by atoms with Crippen molar-refractivity contribution >= 4 is 43.5 Å². The SMILES string of the molecule is c1ccc(-c2nc(-c3ccccc3)nc(-c3ccc(-c4cccc5oc6cc(-c7cccc8ccccc78)ccc6c45)c4ccccc34)n2)cc1. The van der Waals surface area contributed by atoms with Gasteiger partial charge in [-0.3, -0.25) is 0 Å². The second-order valence-corrected chi connectivity index (χ2v) is 12.8. The van der Waals surface area contributed by atoms with Crippen LogP contribution in [-0.2, 0) is 0 Å². The van der Waals surface area contributed by atoms with Gasteiger partial charge in [0.05, 0.1) is 0 Å². The molecule has 0 bridgehead atoms. The van der Waals surface area contributed by atoms with E-state index in [9.17, 15) is 0 Å². The minimum absolute atomic E-state index is 0.637. The second-order valence-electron chi connectivity index (χ2n) is 12.8. The molecule has 238 valence electrons. The number of aromatic nitrogens is 3. The molecule has 10 aromatic rings. The molecule has 0 aliphatic rings. The van der Waals surface area contributed by atoms with Crippen LogP contribution in [0.3, 0.4) is 0 Å². The number of benzene rings is 8. The lowest BCUT2D eigenvalue weighted by molar-refractivity contribution is 0.669. The highest BCUT2D eigenvalue weighted by atomic mass is 16.3. The van der Waals surface area contributed by atoms with Gasteiger partial charge in [0.25, 0.3) is 0 Å². The highest BCUT2D eigenvalue weighted by Crippen LogP contribution is 2.42. The molecule has 10 rings (SSSR count). The predicted octanol–water partition coefficient (Wildman–Crippen LogP) is 12.4. The molecule has 0 unspecified atom stereocenters. The number of nitrogens with zero attached hydrogens (tertiary/aromatic N) is 3. The Hall–Kier alpha value is -6.91. The minimum atomic E-state index is 0.637. The van der Waals surface area contributed by atoms with Crippen LogP contribution in [0.15, 0.2) is 180 Å². The van der Waals surface area contributed by atoms with Crippen molar-refractivity contribution in [2.45, 2.75) is 0 Å². The molecule has 0 fully saturated rings. The van der Waals surface area contributed by atoms with E-state index in [0.717, 1.165) is 66.1 Å². The van der Waals surface area contributed by atoms with Gasteiger partial charge in [-0.1, -0.05) is 152 Å². The lowest BCUT2D eigenvalue weighted by atomic mass is 9.92. The molecule has 0 aliphatic carbocycles. The molecule has 0 atom stereocenters. The maximum absolute atomic E-state index is 6.58. The van der Waals surface area contributed by atoms with E-state index in [1.165, 1.54) is 16.3 Å². The van der Waals surface area contributed by atoms with Crippen molar-refractivity contribution in [3.05, 3.63) is 176 Å². The largest absolute Gasteiger partial charge is 0.456 e. The van der Waals surface area contributed by atoms with Crippen molar-refractivity contribution in [2.75, 3.05) is 0 Å². The molecule has 0 radical (unpaired) electrons. The Morgan fingerprint density at radius 2 is 0.882 bits per heavy atom. The Balaban J connectivity index is 1.15. The first-order valence-corrected chi connectivity index (χ1v) is 17.1. The summed E-state index contributed by atoms with van der Waals surface area (Å²) in [7, 11) is 0. The molecule has 51 heavy (non-hydrogen) atoms. The fourth-order valence-corrected chi connectivity index (χ4v) is 7.35. The second kappa shape index (κ2) is 11.9. The molecule has 0 spiro atoms. The third-order valence-corrected chi connectivity index (χ3v) is 9.75. The zero-order valence-electron chi connectivity index (χ0n) is 27.5. The molecule has 2 aromatic heterocycles. The van der Waals surface area contributed by atoms with E-state index in [0.29, 0.717) is 17.5 Å². The molecule has 0 saturated carbocycles. The van der Waals surface area contributed by atoms with Crippen LogP contribution >= 0.6 is 0 Å². The average Bonchev–Trinajstić information content (AvgIpc) is 3.59. The summed E-state index contributed by atoms with van der Waals surface area (Å²) in [6.07, 6.45) is 0. The van der Waals surface area contributed by atoms with Crippen LogP contribution in [0.25, 0.3) is 99.9 Å².